The third-order valence-electron chi connectivity index (χ3n) is 3.20. The normalized spacial score (nSPS) is 17.1. The number of rotatable bonds is 6. The summed E-state index contributed by atoms with van der Waals surface area (Å²) in [7, 11) is 5.07. The average Bonchev–Trinajstić information content (AvgIpc) is 2.48. The van der Waals surface area contributed by atoms with Crippen molar-refractivity contribution >= 4 is 5.91 Å². The van der Waals surface area contributed by atoms with Gasteiger partial charge in [-0.05, 0) is 7.05 Å². The van der Waals surface area contributed by atoms with Gasteiger partial charge in [0, 0.05) is 46.6 Å². The zero-order valence-electron chi connectivity index (χ0n) is 12.3. The molecule has 1 rings (SSSR count). The van der Waals surface area contributed by atoms with Crippen LogP contribution < -0.4 is 5.32 Å². The molecule has 0 aromatic heterocycles. The van der Waals surface area contributed by atoms with Crippen LogP contribution in [0.15, 0.2) is 11.8 Å². The largest absolute Gasteiger partial charge is 0.385 e. The van der Waals surface area contributed by atoms with Crippen LogP contribution in [-0.2, 0) is 14.3 Å². The van der Waals surface area contributed by atoms with Gasteiger partial charge >= 0.3 is 0 Å². The van der Waals surface area contributed by atoms with Crippen molar-refractivity contribution in [3.05, 3.63) is 11.8 Å². The Morgan fingerprint density at radius 1 is 1.35 bits per heavy atom. The van der Waals surface area contributed by atoms with Crippen molar-refractivity contribution in [2.24, 2.45) is 0 Å². The van der Waals surface area contributed by atoms with Crippen molar-refractivity contribution in [2.75, 3.05) is 54.0 Å². The zero-order chi connectivity index (χ0) is 15.0. The molecule has 1 heterocycles. The summed E-state index contributed by atoms with van der Waals surface area (Å²) in [6, 6.07) is 1.93. The molecule has 20 heavy (non-hydrogen) atoms. The second kappa shape index (κ2) is 8.53. The number of carbonyl (C=O) groups is 1. The highest BCUT2D eigenvalue weighted by Crippen LogP contribution is 2.05. The summed E-state index contributed by atoms with van der Waals surface area (Å²) >= 11 is 0. The predicted octanol–water partition coefficient (Wildman–Crippen LogP) is -0.624. The van der Waals surface area contributed by atoms with Crippen molar-refractivity contribution in [1.29, 1.82) is 5.26 Å². The minimum absolute atomic E-state index is 0.0977. The number of ether oxygens (including phenoxy) is 2. The van der Waals surface area contributed by atoms with Crippen LogP contribution in [0.5, 0.6) is 0 Å². The van der Waals surface area contributed by atoms with E-state index in [2.05, 4.69) is 10.2 Å². The molecule has 1 aliphatic heterocycles. The predicted molar refractivity (Wildman–Crippen MR) is 73.6 cm³/mol. The Kier molecular flexibility index (Phi) is 7.01. The molecule has 7 heteroatoms. The Balaban J connectivity index is 2.52. The third kappa shape index (κ3) is 4.81. The van der Waals surface area contributed by atoms with Crippen LogP contribution in [0.1, 0.15) is 0 Å². The van der Waals surface area contributed by atoms with Gasteiger partial charge in [-0.3, -0.25) is 4.79 Å². The van der Waals surface area contributed by atoms with E-state index in [1.165, 1.54) is 20.4 Å². The first-order valence-electron chi connectivity index (χ1n) is 6.49. The Bertz CT molecular complexity index is 380. The Labute approximate surface area is 119 Å². The highest BCUT2D eigenvalue weighted by atomic mass is 16.7. The van der Waals surface area contributed by atoms with Gasteiger partial charge in [-0.2, -0.15) is 5.26 Å². The van der Waals surface area contributed by atoms with E-state index in [1.807, 2.05) is 13.1 Å². The maximum absolute atomic E-state index is 12.2. The van der Waals surface area contributed by atoms with Gasteiger partial charge in [-0.25, -0.2) is 0 Å². The lowest BCUT2D eigenvalue weighted by atomic mass is 10.2. The number of carbonyl (C=O) groups excluding carboxylic acids is 1. The molecule has 1 N–H and O–H groups in total. The molecule has 0 unspecified atom stereocenters. The number of amides is 1. The van der Waals surface area contributed by atoms with Gasteiger partial charge < -0.3 is 24.6 Å². The van der Waals surface area contributed by atoms with E-state index in [-0.39, 0.29) is 11.5 Å². The standard InChI is InChI=1S/C13H22N4O3/c1-16-4-6-17(7-5-16)13(18)11(8-14)9-15-10-12(19-2)20-3/h9,12,15H,4-7,10H2,1-3H3/b11-9-. The number of hydrogen-bond donors (Lipinski definition) is 1. The molecule has 7 nitrogen and oxygen atoms in total. The number of nitrogens with zero attached hydrogens (tertiary/aromatic N) is 3. The molecule has 1 saturated heterocycles. The van der Waals surface area contributed by atoms with E-state index in [4.69, 9.17) is 14.7 Å². The molecule has 0 aromatic rings. The van der Waals surface area contributed by atoms with Crippen molar-refractivity contribution in [2.45, 2.75) is 6.29 Å². The van der Waals surface area contributed by atoms with Gasteiger partial charge in [-0.1, -0.05) is 0 Å². The lowest BCUT2D eigenvalue weighted by molar-refractivity contribution is -0.128. The summed E-state index contributed by atoms with van der Waals surface area (Å²) in [5.74, 6) is -0.237. The molecule has 0 saturated carbocycles. The van der Waals surface area contributed by atoms with Gasteiger partial charge in [0.1, 0.15) is 11.6 Å². The molecule has 0 aromatic carbocycles. The van der Waals surface area contributed by atoms with Gasteiger partial charge in [-0.15, -0.1) is 0 Å². The van der Waals surface area contributed by atoms with Crippen molar-refractivity contribution < 1.29 is 14.3 Å². The molecule has 0 aliphatic carbocycles. The molecule has 112 valence electrons. The van der Waals surface area contributed by atoms with E-state index in [0.29, 0.717) is 19.6 Å². The molecule has 1 aliphatic rings. The highest BCUT2D eigenvalue weighted by molar-refractivity contribution is 5.97. The number of nitrogens with one attached hydrogen (secondary N) is 1. The Hall–Kier alpha value is -1.62. The molecule has 1 amide bonds. The van der Waals surface area contributed by atoms with Gasteiger partial charge in [0.2, 0.25) is 0 Å². The molecule has 1 fully saturated rings. The summed E-state index contributed by atoms with van der Waals surface area (Å²) in [5, 5.41) is 12.0. The summed E-state index contributed by atoms with van der Waals surface area (Å²) < 4.78 is 10.0. The van der Waals surface area contributed by atoms with Crippen LogP contribution in [0.3, 0.4) is 0 Å². The lowest BCUT2D eigenvalue weighted by Crippen LogP contribution is -2.47. The molecule has 0 spiro atoms. The monoisotopic (exact) mass is 282 g/mol. The summed E-state index contributed by atoms with van der Waals surface area (Å²) in [4.78, 5) is 16.0. The van der Waals surface area contributed by atoms with Crippen LogP contribution in [-0.4, -0.2) is 76.0 Å². The zero-order valence-corrected chi connectivity index (χ0v) is 12.3. The minimum atomic E-state index is -0.412. The summed E-state index contributed by atoms with van der Waals surface area (Å²) in [6.07, 6.45) is 1.01. The second-order valence-electron chi connectivity index (χ2n) is 4.57. The van der Waals surface area contributed by atoms with Gasteiger partial charge in [0.15, 0.2) is 6.29 Å². The van der Waals surface area contributed by atoms with Crippen LogP contribution in [0, 0.1) is 11.3 Å². The fraction of sp³-hybridized carbons (Fsp3) is 0.692. The van der Waals surface area contributed by atoms with Gasteiger partial charge in [0.05, 0.1) is 6.54 Å². The molecular formula is C13H22N4O3. The molecule has 0 atom stereocenters. The van der Waals surface area contributed by atoms with E-state index in [9.17, 15) is 4.79 Å². The van der Waals surface area contributed by atoms with Crippen LogP contribution >= 0.6 is 0 Å². The first-order valence-corrected chi connectivity index (χ1v) is 6.49. The number of likely N-dealkylation sites (N-methyl/N-ethyl adjacent to an activating group) is 1. The minimum Gasteiger partial charge on any atom is -0.385 e. The average molecular weight is 282 g/mol. The number of hydrogen-bond acceptors (Lipinski definition) is 6. The first-order chi connectivity index (χ1) is 9.62. The number of methoxy groups -OCH3 is 2. The van der Waals surface area contributed by atoms with Crippen molar-refractivity contribution in [3.8, 4) is 6.07 Å². The maximum Gasteiger partial charge on any atom is 0.266 e. The van der Waals surface area contributed by atoms with Crippen molar-refractivity contribution in [1.82, 2.24) is 15.1 Å². The Morgan fingerprint density at radius 2 is 1.95 bits per heavy atom. The van der Waals surface area contributed by atoms with Crippen LogP contribution in [0.4, 0.5) is 0 Å². The molecule has 0 radical (unpaired) electrons. The van der Waals surface area contributed by atoms with E-state index in [0.717, 1.165) is 13.1 Å². The van der Waals surface area contributed by atoms with E-state index < -0.39 is 6.29 Å². The number of piperazine rings is 1. The SMILES string of the molecule is COC(CN/C=C(/C#N)C(=O)N1CCN(C)CC1)OC. The first kappa shape index (κ1) is 16.4. The van der Waals surface area contributed by atoms with Crippen LogP contribution in [0.25, 0.3) is 0 Å². The molecule has 0 bridgehead atoms. The number of nitriles is 1. The topological polar surface area (TPSA) is 77.8 Å². The lowest BCUT2D eigenvalue weighted by Gasteiger charge is -2.32. The molecular weight excluding hydrogens is 260 g/mol. The van der Waals surface area contributed by atoms with Crippen molar-refractivity contribution in [3.63, 3.8) is 0 Å². The fourth-order valence-corrected chi connectivity index (χ4v) is 1.84. The highest BCUT2D eigenvalue weighted by Gasteiger charge is 2.22. The summed E-state index contributed by atoms with van der Waals surface area (Å²) in [6.45, 7) is 3.31. The van der Waals surface area contributed by atoms with Gasteiger partial charge in [0.25, 0.3) is 5.91 Å². The quantitative estimate of drug-likeness (QED) is 0.397. The smallest absolute Gasteiger partial charge is 0.266 e. The van der Waals surface area contributed by atoms with E-state index >= 15 is 0 Å². The second-order valence-corrected chi connectivity index (χ2v) is 4.57. The third-order valence-corrected chi connectivity index (χ3v) is 3.20. The van der Waals surface area contributed by atoms with Crippen LogP contribution in [0.2, 0.25) is 0 Å². The van der Waals surface area contributed by atoms with E-state index in [1.54, 1.807) is 4.90 Å². The maximum atomic E-state index is 12.2. The fourth-order valence-electron chi connectivity index (χ4n) is 1.84. The Morgan fingerprint density at radius 3 is 2.45 bits per heavy atom. The summed E-state index contributed by atoms with van der Waals surface area (Å²) in [5.41, 5.74) is 0.0977.